The normalized spacial score (nSPS) is 10.6. The summed E-state index contributed by atoms with van der Waals surface area (Å²) in [7, 11) is 0. The molecular formula is C14H13ClFNS. The Balaban J connectivity index is 2.09. The molecule has 0 aliphatic carbocycles. The maximum absolute atomic E-state index is 13.3. The second kappa shape index (κ2) is 6.23. The molecule has 1 nitrogen and oxygen atoms in total. The number of hydrogen-bond donors (Lipinski definition) is 1. The molecule has 2 aromatic rings. The van der Waals surface area contributed by atoms with Crippen LogP contribution in [0.1, 0.15) is 11.1 Å². The highest BCUT2D eigenvalue weighted by Gasteiger charge is 2.04. The third kappa shape index (κ3) is 3.25. The summed E-state index contributed by atoms with van der Waals surface area (Å²) in [6.45, 7) is 0.219. The zero-order chi connectivity index (χ0) is 13.0. The molecule has 4 heteroatoms. The van der Waals surface area contributed by atoms with E-state index in [9.17, 15) is 4.39 Å². The topological polar surface area (TPSA) is 26.0 Å². The van der Waals surface area contributed by atoms with E-state index in [-0.39, 0.29) is 12.4 Å². The molecule has 2 rings (SSSR count). The predicted octanol–water partition coefficient (Wildman–Crippen LogP) is 4.23. The first-order chi connectivity index (χ1) is 8.70. The van der Waals surface area contributed by atoms with E-state index in [2.05, 4.69) is 0 Å². The number of nitrogens with two attached hydrogens (primary N) is 1. The third-order valence-electron chi connectivity index (χ3n) is 2.56. The molecule has 0 unspecified atom stereocenters. The Morgan fingerprint density at radius 3 is 2.67 bits per heavy atom. The lowest BCUT2D eigenvalue weighted by Gasteiger charge is -2.06. The van der Waals surface area contributed by atoms with Gasteiger partial charge in [-0.1, -0.05) is 35.9 Å². The van der Waals surface area contributed by atoms with E-state index in [4.69, 9.17) is 17.3 Å². The lowest BCUT2D eigenvalue weighted by molar-refractivity contribution is 0.610. The molecule has 0 amide bonds. The molecule has 18 heavy (non-hydrogen) atoms. The number of hydrogen-bond acceptors (Lipinski definition) is 2. The van der Waals surface area contributed by atoms with Crippen LogP contribution in [0.15, 0.2) is 47.4 Å². The molecule has 0 bridgehead atoms. The summed E-state index contributed by atoms with van der Waals surface area (Å²) in [5, 5.41) is 0.740. The van der Waals surface area contributed by atoms with Crippen LogP contribution in [-0.2, 0) is 12.3 Å². The van der Waals surface area contributed by atoms with Crippen LogP contribution >= 0.6 is 23.4 Å². The van der Waals surface area contributed by atoms with Gasteiger partial charge in [-0.05, 0) is 23.8 Å². The Labute approximate surface area is 115 Å². The third-order valence-corrected chi connectivity index (χ3v) is 4.15. The molecule has 0 aliphatic heterocycles. The summed E-state index contributed by atoms with van der Waals surface area (Å²) in [6.07, 6.45) is 0. The van der Waals surface area contributed by atoms with Gasteiger partial charge in [0, 0.05) is 22.8 Å². The molecule has 0 atom stereocenters. The van der Waals surface area contributed by atoms with Gasteiger partial charge in [0.1, 0.15) is 5.82 Å². The van der Waals surface area contributed by atoms with Crippen LogP contribution in [0, 0.1) is 5.82 Å². The molecule has 0 saturated heterocycles. The molecule has 0 spiro atoms. The summed E-state index contributed by atoms with van der Waals surface area (Å²) in [6, 6.07) is 12.7. The largest absolute Gasteiger partial charge is 0.326 e. The number of thioether (sulfide) groups is 1. The standard InChI is InChI=1S/C14H13ClFNS/c15-12-3-1-2-4-14(12)18-9-10-5-6-13(16)11(7-10)8-17/h1-7H,8-9,17H2. The quantitative estimate of drug-likeness (QED) is 0.849. The number of halogens is 2. The van der Waals surface area contributed by atoms with Crippen LogP contribution in [0.5, 0.6) is 0 Å². The molecule has 0 fully saturated rings. The smallest absolute Gasteiger partial charge is 0.127 e. The van der Waals surface area contributed by atoms with Crippen molar-refractivity contribution < 1.29 is 4.39 Å². The summed E-state index contributed by atoms with van der Waals surface area (Å²) >= 11 is 7.70. The highest BCUT2D eigenvalue weighted by molar-refractivity contribution is 7.98. The molecular weight excluding hydrogens is 269 g/mol. The second-order valence-corrected chi connectivity index (χ2v) is 5.27. The van der Waals surface area contributed by atoms with Gasteiger partial charge >= 0.3 is 0 Å². The Morgan fingerprint density at radius 1 is 1.17 bits per heavy atom. The maximum atomic E-state index is 13.3. The molecule has 2 N–H and O–H groups in total. The Morgan fingerprint density at radius 2 is 1.94 bits per heavy atom. The van der Waals surface area contributed by atoms with Crippen LogP contribution in [-0.4, -0.2) is 0 Å². The zero-order valence-corrected chi connectivity index (χ0v) is 11.3. The minimum Gasteiger partial charge on any atom is -0.326 e. The summed E-state index contributed by atoms with van der Waals surface area (Å²) in [5.74, 6) is 0.501. The van der Waals surface area contributed by atoms with Crippen molar-refractivity contribution in [1.29, 1.82) is 0 Å². The van der Waals surface area contributed by atoms with Crippen molar-refractivity contribution >= 4 is 23.4 Å². The van der Waals surface area contributed by atoms with Crippen LogP contribution in [0.2, 0.25) is 5.02 Å². The van der Waals surface area contributed by atoms with E-state index < -0.39 is 0 Å². The van der Waals surface area contributed by atoms with Gasteiger partial charge in [0.25, 0.3) is 0 Å². The maximum Gasteiger partial charge on any atom is 0.127 e. The van der Waals surface area contributed by atoms with Crippen molar-refractivity contribution in [3.63, 3.8) is 0 Å². The average Bonchev–Trinajstić information content (AvgIpc) is 2.39. The van der Waals surface area contributed by atoms with E-state index >= 15 is 0 Å². The molecule has 0 aromatic heterocycles. The van der Waals surface area contributed by atoms with Crippen molar-refractivity contribution in [3.8, 4) is 0 Å². The van der Waals surface area contributed by atoms with Crippen molar-refractivity contribution in [3.05, 3.63) is 64.4 Å². The fraction of sp³-hybridized carbons (Fsp3) is 0.143. The second-order valence-electron chi connectivity index (χ2n) is 3.85. The van der Waals surface area contributed by atoms with Crippen molar-refractivity contribution in [2.75, 3.05) is 0 Å². The first-order valence-electron chi connectivity index (χ1n) is 5.55. The van der Waals surface area contributed by atoms with Crippen LogP contribution in [0.25, 0.3) is 0 Å². The van der Waals surface area contributed by atoms with Gasteiger partial charge in [0.15, 0.2) is 0 Å². The lowest BCUT2D eigenvalue weighted by atomic mass is 10.1. The number of benzene rings is 2. The fourth-order valence-corrected chi connectivity index (χ4v) is 2.78. The average molecular weight is 282 g/mol. The van der Waals surface area contributed by atoms with E-state index in [0.717, 1.165) is 21.2 Å². The fourth-order valence-electron chi connectivity index (χ4n) is 1.60. The molecule has 0 heterocycles. The SMILES string of the molecule is NCc1cc(CSc2ccccc2Cl)ccc1F. The van der Waals surface area contributed by atoms with E-state index in [0.29, 0.717) is 5.56 Å². The van der Waals surface area contributed by atoms with Gasteiger partial charge < -0.3 is 5.73 Å². The van der Waals surface area contributed by atoms with Crippen molar-refractivity contribution in [1.82, 2.24) is 0 Å². The lowest BCUT2D eigenvalue weighted by Crippen LogP contribution is -2.00. The highest BCUT2D eigenvalue weighted by Crippen LogP contribution is 2.29. The Hall–Kier alpha value is -1.03. The summed E-state index contributed by atoms with van der Waals surface area (Å²) in [4.78, 5) is 1.03. The minimum absolute atomic E-state index is 0.219. The highest BCUT2D eigenvalue weighted by atomic mass is 35.5. The van der Waals surface area contributed by atoms with Gasteiger partial charge in [-0.15, -0.1) is 11.8 Å². The summed E-state index contributed by atoms with van der Waals surface area (Å²) < 4.78 is 13.3. The monoisotopic (exact) mass is 281 g/mol. The van der Waals surface area contributed by atoms with Gasteiger partial charge in [0.2, 0.25) is 0 Å². The predicted molar refractivity (Wildman–Crippen MR) is 75.3 cm³/mol. The first kappa shape index (κ1) is 13.4. The van der Waals surface area contributed by atoms with Gasteiger partial charge in [-0.2, -0.15) is 0 Å². The molecule has 94 valence electrons. The van der Waals surface area contributed by atoms with Crippen LogP contribution in [0.3, 0.4) is 0 Å². The number of rotatable bonds is 4. The molecule has 0 radical (unpaired) electrons. The zero-order valence-electron chi connectivity index (χ0n) is 9.70. The minimum atomic E-state index is -0.246. The van der Waals surface area contributed by atoms with Crippen molar-refractivity contribution in [2.24, 2.45) is 5.73 Å². The van der Waals surface area contributed by atoms with Gasteiger partial charge in [-0.3, -0.25) is 0 Å². The summed E-state index contributed by atoms with van der Waals surface area (Å²) in [5.41, 5.74) is 7.07. The molecule has 2 aromatic carbocycles. The van der Waals surface area contributed by atoms with Crippen molar-refractivity contribution in [2.45, 2.75) is 17.2 Å². The van der Waals surface area contributed by atoms with E-state index in [1.807, 2.05) is 24.3 Å². The Bertz CT molecular complexity index is 545. The van der Waals surface area contributed by atoms with Crippen LogP contribution in [0.4, 0.5) is 4.39 Å². The van der Waals surface area contributed by atoms with Gasteiger partial charge in [-0.25, -0.2) is 4.39 Å². The van der Waals surface area contributed by atoms with E-state index in [1.165, 1.54) is 6.07 Å². The first-order valence-corrected chi connectivity index (χ1v) is 6.92. The van der Waals surface area contributed by atoms with Gasteiger partial charge in [0.05, 0.1) is 5.02 Å². The van der Waals surface area contributed by atoms with E-state index in [1.54, 1.807) is 23.9 Å². The molecule has 0 saturated carbocycles. The van der Waals surface area contributed by atoms with Crippen LogP contribution < -0.4 is 5.73 Å². The Kier molecular flexibility index (Phi) is 4.64. The molecule has 0 aliphatic rings.